The Morgan fingerprint density at radius 2 is 1.71 bits per heavy atom. The number of amides is 1. The van der Waals surface area contributed by atoms with Gasteiger partial charge in [-0.15, -0.1) is 0 Å². The van der Waals surface area contributed by atoms with E-state index < -0.39 is 0 Å². The summed E-state index contributed by atoms with van der Waals surface area (Å²) in [6.45, 7) is 4.85. The number of carbonyl (C=O) groups is 2. The van der Waals surface area contributed by atoms with Gasteiger partial charge in [0.2, 0.25) is 5.91 Å². The maximum Gasteiger partial charge on any atom is 0.228 e. The number of para-hydroxylation sites is 1. The Kier molecular flexibility index (Phi) is 4.86. The Morgan fingerprint density at radius 1 is 1.00 bits per heavy atom. The van der Waals surface area contributed by atoms with Gasteiger partial charge in [0.25, 0.3) is 0 Å². The standard InChI is InChI=1S/C24H24N2O2/c1-17-21(18(2)27)16-23(19-8-4-3-5-9-19)25(17)15-13-24(28)26-14-12-20-10-6-7-11-22(20)26/h3-11,16H,12-15H2,1-2H3. The van der Waals surface area contributed by atoms with Crippen molar-refractivity contribution in [3.8, 4) is 11.3 Å². The third kappa shape index (κ3) is 3.26. The normalized spacial score (nSPS) is 12.9. The van der Waals surface area contributed by atoms with Crippen LogP contribution in [0.2, 0.25) is 0 Å². The number of hydrogen-bond acceptors (Lipinski definition) is 2. The van der Waals surface area contributed by atoms with Crippen molar-refractivity contribution in [2.45, 2.75) is 33.2 Å². The molecule has 1 amide bonds. The molecule has 4 heteroatoms. The number of ketones is 1. The van der Waals surface area contributed by atoms with E-state index in [-0.39, 0.29) is 11.7 Å². The smallest absolute Gasteiger partial charge is 0.228 e. The summed E-state index contributed by atoms with van der Waals surface area (Å²) in [5.41, 5.74) is 5.94. The van der Waals surface area contributed by atoms with E-state index in [1.807, 2.05) is 66.4 Å². The molecule has 2 heterocycles. The quantitative estimate of drug-likeness (QED) is 0.612. The van der Waals surface area contributed by atoms with Gasteiger partial charge in [0, 0.05) is 42.1 Å². The second-order valence-electron chi connectivity index (χ2n) is 7.28. The van der Waals surface area contributed by atoms with Gasteiger partial charge in [0.1, 0.15) is 0 Å². The topological polar surface area (TPSA) is 42.3 Å². The molecule has 1 aliphatic heterocycles. The zero-order valence-electron chi connectivity index (χ0n) is 16.3. The number of hydrogen-bond donors (Lipinski definition) is 0. The average molecular weight is 372 g/mol. The van der Waals surface area contributed by atoms with Crippen LogP contribution in [0.3, 0.4) is 0 Å². The van der Waals surface area contributed by atoms with E-state index in [1.165, 1.54) is 5.56 Å². The fourth-order valence-corrected chi connectivity index (χ4v) is 4.08. The van der Waals surface area contributed by atoms with E-state index in [2.05, 4.69) is 10.6 Å². The zero-order valence-corrected chi connectivity index (χ0v) is 16.3. The number of rotatable bonds is 5. The average Bonchev–Trinajstić information content (AvgIpc) is 3.28. The molecule has 142 valence electrons. The van der Waals surface area contributed by atoms with E-state index in [0.29, 0.717) is 13.0 Å². The Balaban J connectivity index is 1.60. The molecule has 0 saturated heterocycles. The van der Waals surface area contributed by atoms with Crippen LogP contribution in [0, 0.1) is 6.92 Å². The fraction of sp³-hybridized carbons (Fsp3) is 0.250. The van der Waals surface area contributed by atoms with Crippen molar-refractivity contribution in [1.82, 2.24) is 4.57 Å². The van der Waals surface area contributed by atoms with E-state index >= 15 is 0 Å². The van der Waals surface area contributed by atoms with Gasteiger partial charge in [-0.1, -0.05) is 48.5 Å². The summed E-state index contributed by atoms with van der Waals surface area (Å²) in [4.78, 5) is 26.9. The van der Waals surface area contributed by atoms with Crippen LogP contribution in [0.15, 0.2) is 60.7 Å². The minimum atomic E-state index is 0.0493. The van der Waals surface area contributed by atoms with Crippen molar-refractivity contribution >= 4 is 17.4 Å². The summed E-state index contributed by atoms with van der Waals surface area (Å²) in [5, 5.41) is 0. The van der Waals surface area contributed by atoms with Crippen LogP contribution in [0.4, 0.5) is 5.69 Å². The molecule has 3 aromatic rings. The van der Waals surface area contributed by atoms with E-state index in [4.69, 9.17) is 0 Å². The number of carbonyl (C=O) groups excluding carboxylic acids is 2. The van der Waals surface area contributed by atoms with Crippen molar-refractivity contribution in [3.05, 3.63) is 77.5 Å². The molecule has 0 fully saturated rings. The Hall–Kier alpha value is -3.14. The lowest BCUT2D eigenvalue weighted by molar-refractivity contribution is -0.118. The molecule has 0 atom stereocenters. The molecular formula is C24H24N2O2. The lowest BCUT2D eigenvalue weighted by Gasteiger charge is -2.19. The van der Waals surface area contributed by atoms with Crippen LogP contribution >= 0.6 is 0 Å². The minimum absolute atomic E-state index is 0.0493. The summed E-state index contributed by atoms with van der Waals surface area (Å²) in [5.74, 6) is 0.176. The minimum Gasteiger partial charge on any atom is -0.344 e. The van der Waals surface area contributed by atoms with Crippen molar-refractivity contribution in [1.29, 1.82) is 0 Å². The summed E-state index contributed by atoms with van der Waals surface area (Å²) in [7, 11) is 0. The van der Waals surface area contributed by atoms with Crippen molar-refractivity contribution in [2.24, 2.45) is 0 Å². The largest absolute Gasteiger partial charge is 0.344 e. The Bertz CT molecular complexity index is 1030. The lowest BCUT2D eigenvalue weighted by atomic mass is 10.1. The monoisotopic (exact) mass is 372 g/mol. The molecule has 1 aliphatic rings. The van der Waals surface area contributed by atoms with E-state index in [0.717, 1.165) is 41.2 Å². The lowest BCUT2D eigenvalue weighted by Crippen LogP contribution is -2.29. The van der Waals surface area contributed by atoms with Crippen molar-refractivity contribution in [2.75, 3.05) is 11.4 Å². The van der Waals surface area contributed by atoms with Crippen LogP contribution in [-0.2, 0) is 17.8 Å². The summed E-state index contributed by atoms with van der Waals surface area (Å²) < 4.78 is 2.10. The van der Waals surface area contributed by atoms with Gasteiger partial charge in [-0.05, 0) is 43.5 Å². The Labute approximate surface area is 165 Å². The number of aromatic nitrogens is 1. The second-order valence-corrected chi connectivity index (χ2v) is 7.28. The highest BCUT2D eigenvalue weighted by Gasteiger charge is 2.24. The first-order valence-electron chi connectivity index (χ1n) is 9.71. The summed E-state index contributed by atoms with van der Waals surface area (Å²) in [6, 6.07) is 20.1. The maximum atomic E-state index is 12.9. The van der Waals surface area contributed by atoms with Crippen molar-refractivity contribution in [3.63, 3.8) is 0 Å². The number of anilines is 1. The molecular weight excluding hydrogens is 348 g/mol. The molecule has 0 N–H and O–H groups in total. The summed E-state index contributed by atoms with van der Waals surface area (Å²) in [6.07, 6.45) is 1.31. The first-order valence-corrected chi connectivity index (χ1v) is 9.71. The highest BCUT2D eigenvalue weighted by atomic mass is 16.2. The van der Waals surface area contributed by atoms with Crippen molar-refractivity contribution < 1.29 is 9.59 Å². The fourth-order valence-electron chi connectivity index (χ4n) is 4.08. The molecule has 0 aliphatic carbocycles. The SMILES string of the molecule is CC(=O)c1cc(-c2ccccc2)n(CCC(=O)N2CCc3ccccc32)c1C. The first kappa shape index (κ1) is 18.2. The number of nitrogens with zero attached hydrogens (tertiary/aromatic N) is 2. The number of fused-ring (bicyclic) bond motifs is 1. The van der Waals surface area contributed by atoms with E-state index in [9.17, 15) is 9.59 Å². The third-order valence-electron chi connectivity index (χ3n) is 5.55. The van der Waals surface area contributed by atoms with E-state index in [1.54, 1.807) is 6.92 Å². The molecule has 0 bridgehead atoms. The predicted molar refractivity (Wildman–Crippen MR) is 112 cm³/mol. The molecule has 28 heavy (non-hydrogen) atoms. The molecule has 0 saturated carbocycles. The molecule has 4 nitrogen and oxygen atoms in total. The van der Waals surface area contributed by atoms with Gasteiger partial charge >= 0.3 is 0 Å². The Morgan fingerprint density at radius 3 is 2.46 bits per heavy atom. The van der Waals surface area contributed by atoms with Gasteiger partial charge in [0.05, 0.1) is 0 Å². The maximum absolute atomic E-state index is 12.9. The van der Waals surface area contributed by atoms with Crippen LogP contribution in [0.25, 0.3) is 11.3 Å². The molecule has 2 aromatic carbocycles. The third-order valence-corrected chi connectivity index (χ3v) is 5.55. The zero-order chi connectivity index (χ0) is 19.7. The van der Waals surface area contributed by atoms with Gasteiger partial charge < -0.3 is 9.47 Å². The van der Waals surface area contributed by atoms with Crippen LogP contribution in [0.5, 0.6) is 0 Å². The van der Waals surface area contributed by atoms with Gasteiger partial charge in [-0.3, -0.25) is 9.59 Å². The van der Waals surface area contributed by atoms with Crippen LogP contribution in [0.1, 0.15) is 35.0 Å². The molecule has 1 aromatic heterocycles. The summed E-state index contributed by atoms with van der Waals surface area (Å²) >= 11 is 0. The number of Topliss-reactive ketones (excluding diaryl/α,β-unsaturated/α-hetero) is 1. The molecule has 0 unspecified atom stereocenters. The highest BCUT2D eigenvalue weighted by Crippen LogP contribution is 2.29. The highest BCUT2D eigenvalue weighted by molar-refractivity contribution is 5.97. The molecule has 4 rings (SSSR count). The first-order chi connectivity index (χ1) is 13.6. The molecule has 0 radical (unpaired) electrons. The van der Waals surface area contributed by atoms with Gasteiger partial charge in [-0.2, -0.15) is 0 Å². The van der Waals surface area contributed by atoms with Crippen LogP contribution in [-0.4, -0.2) is 22.8 Å². The van der Waals surface area contributed by atoms with Gasteiger partial charge in [0.15, 0.2) is 5.78 Å². The van der Waals surface area contributed by atoms with Gasteiger partial charge in [-0.25, -0.2) is 0 Å². The van der Waals surface area contributed by atoms with Crippen LogP contribution < -0.4 is 4.90 Å². The number of benzene rings is 2. The second kappa shape index (κ2) is 7.47. The predicted octanol–water partition coefficient (Wildman–Crippen LogP) is 4.65. The molecule has 0 spiro atoms.